The van der Waals surface area contributed by atoms with Crippen molar-refractivity contribution in [3.63, 3.8) is 0 Å². The standard InChI is InChI=1S/C20H21N7O5S/c1-4-32-20(31)26-6-5-11-12(7-21)17(33-13(11)8-26)23-14(28)9-27-10-22-16-15(27)18(29)25(3)19(30)24(16)2/h10H,4-6,8-9H2,1-3H3,(H,23,28). The Morgan fingerprint density at radius 2 is 2.06 bits per heavy atom. The molecule has 0 spiro atoms. The van der Waals surface area contributed by atoms with Crippen molar-refractivity contribution in [2.45, 2.75) is 26.4 Å². The summed E-state index contributed by atoms with van der Waals surface area (Å²) in [5.41, 5.74) is 0.435. The summed E-state index contributed by atoms with van der Waals surface area (Å²) in [6.45, 7) is 2.51. The minimum Gasteiger partial charge on any atom is -0.450 e. The molecule has 1 aliphatic rings. The molecule has 1 N–H and O–H groups in total. The number of imidazole rings is 1. The van der Waals surface area contributed by atoms with Crippen molar-refractivity contribution in [3.8, 4) is 6.07 Å². The summed E-state index contributed by atoms with van der Waals surface area (Å²) in [6.07, 6.45) is 1.40. The number of aryl methyl sites for hydroxylation is 1. The molecule has 0 radical (unpaired) electrons. The average molecular weight is 471 g/mol. The fraction of sp³-hybridized carbons (Fsp3) is 0.400. The molecule has 0 unspecified atom stereocenters. The lowest BCUT2D eigenvalue weighted by Crippen LogP contribution is -2.37. The molecule has 1 aliphatic heterocycles. The lowest BCUT2D eigenvalue weighted by atomic mass is 10.0. The molecule has 13 heteroatoms. The summed E-state index contributed by atoms with van der Waals surface area (Å²) >= 11 is 1.24. The molecule has 33 heavy (non-hydrogen) atoms. The number of hydrogen-bond donors (Lipinski definition) is 1. The molecule has 2 amide bonds. The molecule has 0 aromatic carbocycles. The molecule has 0 atom stereocenters. The zero-order chi connectivity index (χ0) is 23.9. The van der Waals surface area contributed by atoms with Crippen LogP contribution in [0.3, 0.4) is 0 Å². The number of anilines is 1. The fourth-order valence-electron chi connectivity index (χ4n) is 3.82. The van der Waals surface area contributed by atoms with Gasteiger partial charge in [-0.25, -0.2) is 14.6 Å². The van der Waals surface area contributed by atoms with E-state index >= 15 is 0 Å². The lowest BCUT2D eigenvalue weighted by molar-refractivity contribution is -0.116. The number of carbonyl (C=O) groups excluding carboxylic acids is 2. The molecule has 172 valence electrons. The number of thiophene rings is 1. The van der Waals surface area contributed by atoms with Gasteiger partial charge in [-0.3, -0.25) is 18.7 Å². The number of nitrogens with one attached hydrogen (secondary N) is 1. The highest BCUT2D eigenvalue weighted by molar-refractivity contribution is 7.16. The molecule has 4 rings (SSSR count). The third kappa shape index (κ3) is 3.78. The number of carbonyl (C=O) groups is 2. The van der Waals surface area contributed by atoms with Gasteiger partial charge in [-0.05, 0) is 18.9 Å². The average Bonchev–Trinajstić information content (AvgIpc) is 3.36. The van der Waals surface area contributed by atoms with E-state index in [-0.39, 0.29) is 24.3 Å². The molecule has 12 nitrogen and oxygen atoms in total. The van der Waals surface area contributed by atoms with E-state index in [4.69, 9.17) is 4.74 Å². The van der Waals surface area contributed by atoms with Crippen molar-refractivity contribution in [2.75, 3.05) is 18.5 Å². The van der Waals surface area contributed by atoms with Crippen molar-refractivity contribution in [3.05, 3.63) is 43.2 Å². The molecule has 0 aliphatic carbocycles. The van der Waals surface area contributed by atoms with Crippen molar-refractivity contribution in [1.29, 1.82) is 5.26 Å². The van der Waals surface area contributed by atoms with E-state index in [2.05, 4.69) is 16.4 Å². The number of aromatic nitrogens is 4. The van der Waals surface area contributed by atoms with Gasteiger partial charge in [0.05, 0.1) is 25.0 Å². The monoisotopic (exact) mass is 471 g/mol. The van der Waals surface area contributed by atoms with Crippen LogP contribution in [0.25, 0.3) is 11.2 Å². The predicted molar refractivity (Wildman–Crippen MR) is 119 cm³/mol. The van der Waals surface area contributed by atoms with Crippen LogP contribution in [0.4, 0.5) is 9.80 Å². The van der Waals surface area contributed by atoms with Gasteiger partial charge in [-0.15, -0.1) is 11.3 Å². The van der Waals surface area contributed by atoms with Gasteiger partial charge in [0.2, 0.25) is 5.91 Å². The van der Waals surface area contributed by atoms with Crippen LogP contribution in [0.5, 0.6) is 0 Å². The highest BCUT2D eigenvalue weighted by atomic mass is 32.1. The van der Waals surface area contributed by atoms with Crippen LogP contribution in [-0.2, 0) is 43.1 Å². The SMILES string of the molecule is CCOC(=O)N1CCc2c(sc(NC(=O)Cn3cnc4c3c(=O)n(C)c(=O)n4C)c2C#N)C1. The van der Waals surface area contributed by atoms with Gasteiger partial charge in [0.15, 0.2) is 11.2 Å². The molecule has 3 aromatic rings. The molecular weight excluding hydrogens is 450 g/mol. The molecular formula is C20H21N7O5S. The van der Waals surface area contributed by atoms with Gasteiger partial charge >= 0.3 is 11.8 Å². The minimum absolute atomic E-state index is 0.130. The van der Waals surface area contributed by atoms with E-state index < -0.39 is 23.2 Å². The lowest BCUT2D eigenvalue weighted by Gasteiger charge is -2.25. The third-order valence-corrected chi connectivity index (χ3v) is 6.61. The van der Waals surface area contributed by atoms with E-state index in [9.17, 15) is 24.4 Å². The predicted octanol–water partition coefficient (Wildman–Crippen LogP) is 0.520. The van der Waals surface area contributed by atoms with E-state index in [0.29, 0.717) is 30.1 Å². The van der Waals surface area contributed by atoms with Crippen LogP contribution in [0, 0.1) is 11.3 Å². The Morgan fingerprint density at radius 1 is 1.30 bits per heavy atom. The van der Waals surface area contributed by atoms with Gasteiger partial charge in [-0.1, -0.05) is 0 Å². The Balaban J connectivity index is 1.58. The van der Waals surface area contributed by atoms with Crippen molar-refractivity contribution in [2.24, 2.45) is 14.1 Å². The second kappa shape index (κ2) is 8.55. The molecule has 3 aromatic heterocycles. The Hall–Kier alpha value is -3.92. The first-order valence-corrected chi connectivity index (χ1v) is 11.0. The van der Waals surface area contributed by atoms with Crippen LogP contribution in [0.15, 0.2) is 15.9 Å². The number of ether oxygens (including phenoxy) is 1. The van der Waals surface area contributed by atoms with Crippen LogP contribution >= 0.6 is 11.3 Å². The number of hydrogen-bond acceptors (Lipinski definition) is 8. The summed E-state index contributed by atoms with van der Waals surface area (Å²) < 4.78 is 8.61. The first kappa shape index (κ1) is 22.3. The number of rotatable bonds is 4. The Morgan fingerprint density at radius 3 is 2.76 bits per heavy atom. The molecule has 0 saturated heterocycles. The zero-order valence-electron chi connectivity index (χ0n) is 18.2. The summed E-state index contributed by atoms with van der Waals surface area (Å²) in [5.74, 6) is -0.456. The topological polar surface area (TPSA) is 144 Å². The second-order valence-electron chi connectivity index (χ2n) is 7.49. The fourth-order valence-corrected chi connectivity index (χ4v) is 5.05. The molecule has 0 bridgehead atoms. The van der Waals surface area contributed by atoms with Gasteiger partial charge in [0.1, 0.15) is 17.6 Å². The summed E-state index contributed by atoms with van der Waals surface area (Å²) in [5, 5.41) is 12.8. The Bertz CT molecular complexity index is 1440. The summed E-state index contributed by atoms with van der Waals surface area (Å²) in [7, 11) is 2.85. The molecule has 0 fully saturated rings. The maximum Gasteiger partial charge on any atom is 0.410 e. The van der Waals surface area contributed by atoms with Gasteiger partial charge < -0.3 is 19.5 Å². The first-order valence-electron chi connectivity index (χ1n) is 10.1. The van der Waals surface area contributed by atoms with Gasteiger partial charge in [0, 0.05) is 25.5 Å². The van der Waals surface area contributed by atoms with E-state index in [0.717, 1.165) is 15.0 Å². The second-order valence-corrected chi connectivity index (χ2v) is 8.59. The van der Waals surface area contributed by atoms with Crippen LogP contribution in [0.2, 0.25) is 0 Å². The highest BCUT2D eigenvalue weighted by Gasteiger charge is 2.28. The maximum atomic E-state index is 12.8. The normalized spacial score (nSPS) is 13.0. The highest BCUT2D eigenvalue weighted by Crippen LogP contribution is 2.36. The van der Waals surface area contributed by atoms with E-state index in [1.54, 1.807) is 11.8 Å². The Labute approximate surface area is 191 Å². The minimum atomic E-state index is -0.554. The molecule has 0 saturated carbocycles. The largest absolute Gasteiger partial charge is 0.450 e. The molecule has 4 heterocycles. The van der Waals surface area contributed by atoms with Gasteiger partial charge in [0.25, 0.3) is 5.56 Å². The third-order valence-electron chi connectivity index (χ3n) is 5.48. The van der Waals surface area contributed by atoms with E-state index in [1.807, 2.05) is 0 Å². The summed E-state index contributed by atoms with van der Waals surface area (Å²) in [4.78, 5) is 56.0. The quantitative estimate of drug-likeness (QED) is 0.584. The van der Waals surface area contributed by atoms with Crippen molar-refractivity contribution >= 4 is 39.5 Å². The Kier molecular flexibility index (Phi) is 5.77. The van der Waals surface area contributed by atoms with Crippen LogP contribution in [-0.4, -0.2) is 48.7 Å². The number of nitriles is 1. The zero-order valence-corrected chi connectivity index (χ0v) is 19.1. The van der Waals surface area contributed by atoms with Crippen molar-refractivity contribution < 1.29 is 14.3 Å². The maximum absolute atomic E-state index is 12.8. The van der Waals surface area contributed by atoms with E-state index in [1.165, 1.54) is 40.9 Å². The number of amides is 2. The van der Waals surface area contributed by atoms with Crippen LogP contribution < -0.4 is 16.6 Å². The van der Waals surface area contributed by atoms with Gasteiger partial charge in [-0.2, -0.15) is 5.26 Å². The van der Waals surface area contributed by atoms with Crippen molar-refractivity contribution in [1.82, 2.24) is 23.6 Å². The summed E-state index contributed by atoms with van der Waals surface area (Å²) in [6, 6.07) is 2.15. The smallest absolute Gasteiger partial charge is 0.410 e. The number of fused-ring (bicyclic) bond motifs is 2. The first-order chi connectivity index (χ1) is 15.8. The number of nitrogens with zero attached hydrogens (tertiary/aromatic N) is 6. The van der Waals surface area contributed by atoms with Crippen LogP contribution in [0.1, 0.15) is 22.9 Å².